The highest BCUT2D eigenvalue weighted by Crippen LogP contribution is 2.12. The molecule has 0 heterocycles. The molecule has 0 fully saturated rings. The quantitative estimate of drug-likeness (QED) is 0.690. The van der Waals surface area contributed by atoms with Crippen LogP contribution in [0.2, 0.25) is 0 Å². The zero-order valence-corrected chi connectivity index (χ0v) is 11.7. The first kappa shape index (κ1) is 15.9. The number of benzene rings is 1. The Bertz CT molecular complexity index is 491. The molecule has 1 aromatic rings. The van der Waals surface area contributed by atoms with Gasteiger partial charge in [0.05, 0.1) is 5.56 Å². The summed E-state index contributed by atoms with van der Waals surface area (Å²) < 4.78 is 12.9. The molecule has 0 saturated heterocycles. The molecule has 1 rings (SSSR count). The van der Waals surface area contributed by atoms with Crippen molar-refractivity contribution in [1.82, 2.24) is 10.6 Å². The van der Waals surface area contributed by atoms with Gasteiger partial charge in [-0.05, 0) is 31.5 Å². The van der Waals surface area contributed by atoms with Crippen LogP contribution in [0.15, 0.2) is 18.2 Å². The number of carbonyl (C=O) groups is 2. The Balaban J connectivity index is 2.42. The fourth-order valence-electron chi connectivity index (χ4n) is 1.57. The van der Waals surface area contributed by atoms with E-state index >= 15 is 0 Å². The normalized spacial score (nSPS) is 11.8. The molecule has 2 amide bonds. The van der Waals surface area contributed by atoms with Crippen molar-refractivity contribution < 1.29 is 14.0 Å². The molecule has 5 nitrogen and oxygen atoms in total. The third-order valence-electron chi connectivity index (χ3n) is 2.92. The zero-order valence-electron chi connectivity index (χ0n) is 11.7. The summed E-state index contributed by atoms with van der Waals surface area (Å²) in [6.07, 6.45) is 1.04. The fraction of sp³-hybridized carbons (Fsp3) is 0.429. The van der Waals surface area contributed by atoms with Gasteiger partial charge in [-0.15, -0.1) is 0 Å². The van der Waals surface area contributed by atoms with Crippen molar-refractivity contribution in [3.63, 3.8) is 0 Å². The number of nitrogen functional groups attached to an aromatic ring is 1. The third kappa shape index (κ3) is 4.87. The van der Waals surface area contributed by atoms with Gasteiger partial charge in [-0.1, -0.05) is 6.92 Å². The highest BCUT2D eigenvalue weighted by Gasteiger charge is 2.11. The van der Waals surface area contributed by atoms with Crippen molar-refractivity contribution >= 4 is 17.5 Å². The molecule has 1 atom stereocenters. The fourth-order valence-corrected chi connectivity index (χ4v) is 1.57. The summed E-state index contributed by atoms with van der Waals surface area (Å²) in [6, 6.07) is 3.69. The average molecular weight is 281 g/mol. The van der Waals surface area contributed by atoms with Crippen LogP contribution in [0.25, 0.3) is 0 Å². The van der Waals surface area contributed by atoms with Crippen LogP contribution in [-0.4, -0.2) is 24.4 Å². The lowest BCUT2D eigenvalue weighted by atomic mass is 10.1. The Morgan fingerprint density at radius 2 is 2.10 bits per heavy atom. The van der Waals surface area contributed by atoms with Gasteiger partial charge in [0.2, 0.25) is 5.91 Å². The molecule has 0 aromatic heterocycles. The van der Waals surface area contributed by atoms with Crippen LogP contribution in [0.3, 0.4) is 0 Å². The number of hydrogen-bond acceptors (Lipinski definition) is 3. The molecule has 0 saturated carbocycles. The van der Waals surface area contributed by atoms with E-state index < -0.39 is 11.7 Å². The number of nitrogens with one attached hydrogen (secondary N) is 2. The molecule has 1 aromatic carbocycles. The van der Waals surface area contributed by atoms with E-state index in [1.54, 1.807) is 0 Å². The number of hydrogen-bond donors (Lipinski definition) is 3. The lowest BCUT2D eigenvalue weighted by molar-refractivity contribution is -0.121. The average Bonchev–Trinajstić information content (AvgIpc) is 2.38. The van der Waals surface area contributed by atoms with E-state index in [2.05, 4.69) is 10.6 Å². The SMILES string of the molecule is CCC(C)NC(=O)CCNC(=O)c1ccc(F)cc1N. The maximum Gasteiger partial charge on any atom is 0.253 e. The Labute approximate surface area is 117 Å². The first-order valence-electron chi connectivity index (χ1n) is 6.56. The highest BCUT2D eigenvalue weighted by molar-refractivity contribution is 5.99. The van der Waals surface area contributed by atoms with E-state index in [9.17, 15) is 14.0 Å². The highest BCUT2D eigenvalue weighted by atomic mass is 19.1. The van der Waals surface area contributed by atoms with Crippen LogP contribution in [0, 0.1) is 5.82 Å². The summed E-state index contributed by atoms with van der Waals surface area (Å²) in [5.74, 6) is -1.03. The molecule has 0 radical (unpaired) electrons. The second-order valence-electron chi connectivity index (χ2n) is 4.61. The second kappa shape index (κ2) is 7.47. The number of amides is 2. The van der Waals surface area contributed by atoms with Crippen LogP contribution in [0.4, 0.5) is 10.1 Å². The standard InChI is InChI=1S/C14H20FN3O2/c1-3-9(2)18-13(19)6-7-17-14(20)11-5-4-10(15)8-12(11)16/h4-5,8-9H,3,6-7,16H2,1-2H3,(H,17,20)(H,18,19). The Morgan fingerprint density at radius 1 is 1.40 bits per heavy atom. The van der Waals surface area contributed by atoms with Gasteiger partial charge < -0.3 is 16.4 Å². The van der Waals surface area contributed by atoms with E-state index in [1.165, 1.54) is 12.1 Å². The lowest BCUT2D eigenvalue weighted by Crippen LogP contribution is -2.35. The van der Waals surface area contributed by atoms with Crippen molar-refractivity contribution in [1.29, 1.82) is 0 Å². The first-order chi connectivity index (χ1) is 9.43. The second-order valence-corrected chi connectivity index (χ2v) is 4.61. The van der Waals surface area contributed by atoms with Gasteiger partial charge in [0, 0.05) is 24.7 Å². The van der Waals surface area contributed by atoms with Gasteiger partial charge in [-0.3, -0.25) is 9.59 Å². The van der Waals surface area contributed by atoms with Crippen LogP contribution >= 0.6 is 0 Å². The maximum atomic E-state index is 12.9. The van der Waals surface area contributed by atoms with Crippen LogP contribution < -0.4 is 16.4 Å². The van der Waals surface area contributed by atoms with Crippen LogP contribution in [0.5, 0.6) is 0 Å². The number of rotatable bonds is 6. The number of carbonyl (C=O) groups excluding carboxylic acids is 2. The summed E-state index contributed by atoms with van der Waals surface area (Å²) in [7, 11) is 0. The van der Waals surface area contributed by atoms with E-state index in [0.717, 1.165) is 12.5 Å². The molecular weight excluding hydrogens is 261 g/mol. The van der Waals surface area contributed by atoms with Crippen molar-refractivity contribution in [3.05, 3.63) is 29.6 Å². The van der Waals surface area contributed by atoms with E-state index in [-0.39, 0.29) is 36.2 Å². The summed E-state index contributed by atoms with van der Waals surface area (Å²) in [4.78, 5) is 23.3. The van der Waals surface area contributed by atoms with E-state index in [0.29, 0.717) is 0 Å². The van der Waals surface area contributed by atoms with Crippen molar-refractivity contribution in [3.8, 4) is 0 Å². The van der Waals surface area contributed by atoms with Gasteiger partial charge in [0.1, 0.15) is 5.82 Å². The number of halogens is 1. The van der Waals surface area contributed by atoms with Gasteiger partial charge in [0.25, 0.3) is 5.91 Å². The molecule has 110 valence electrons. The van der Waals surface area contributed by atoms with Gasteiger partial charge >= 0.3 is 0 Å². The molecule has 1 unspecified atom stereocenters. The number of anilines is 1. The minimum atomic E-state index is -0.494. The largest absolute Gasteiger partial charge is 0.398 e. The monoisotopic (exact) mass is 281 g/mol. The molecule has 20 heavy (non-hydrogen) atoms. The third-order valence-corrected chi connectivity index (χ3v) is 2.92. The summed E-state index contributed by atoms with van der Waals surface area (Å²) >= 11 is 0. The van der Waals surface area contributed by atoms with E-state index in [4.69, 9.17) is 5.73 Å². The van der Waals surface area contributed by atoms with Gasteiger partial charge in [-0.2, -0.15) is 0 Å². The van der Waals surface area contributed by atoms with E-state index in [1.807, 2.05) is 13.8 Å². The molecular formula is C14H20FN3O2. The van der Waals surface area contributed by atoms with Crippen molar-refractivity contribution in [2.75, 3.05) is 12.3 Å². The smallest absolute Gasteiger partial charge is 0.253 e. The predicted molar refractivity (Wildman–Crippen MR) is 75.7 cm³/mol. The topological polar surface area (TPSA) is 84.2 Å². The molecule has 0 aliphatic heterocycles. The molecule has 0 spiro atoms. The number of nitrogens with two attached hydrogens (primary N) is 1. The zero-order chi connectivity index (χ0) is 15.1. The predicted octanol–water partition coefficient (Wildman–Crippen LogP) is 1.44. The molecule has 6 heteroatoms. The Kier molecular flexibility index (Phi) is 5.96. The van der Waals surface area contributed by atoms with Gasteiger partial charge in [0.15, 0.2) is 0 Å². The summed E-state index contributed by atoms with van der Waals surface area (Å²) in [5, 5.41) is 5.38. The molecule has 0 aliphatic carbocycles. The molecule has 4 N–H and O–H groups in total. The Hall–Kier alpha value is -2.11. The Morgan fingerprint density at radius 3 is 2.70 bits per heavy atom. The van der Waals surface area contributed by atoms with Crippen LogP contribution in [-0.2, 0) is 4.79 Å². The molecule has 0 bridgehead atoms. The summed E-state index contributed by atoms with van der Waals surface area (Å²) in [5.41, 5.74) is 5.84. The van der Waals surface area contributed by atoms with Gasteiger partial charge in [-0.25, -0.2) is 4.39 Å². The summed E-state index contributed by atoms with van der Waals surface area (Å²) in [6.45, 7) is 4.09. The minimum Gasteiger partial charge on any atom is -0.398 e. The first-order valence-corrected chi connectivity index (χ1v) is 6.56. The lowest BCUT2D eigenvalue weighted by Gasteiger charge is -2.12. The maximum absolute atomic E-state index is 12.9. The van der Waals surface area contributed by atoms with Crippen molar-refractivity contribution in [2.45, 2.75) is 32.7 Å². The molecule has 0 aliphatic rings. The van der Waals surface area contributed by atoms with Crippen molar-refractivity contribution in [2.24, 2.45) is 0 Å². The van der Waals surface area contributed by atoms with Crippen LogP contribution in [0.1, 0.15) is 37.0 Å². The minimum absolute atomic E-state index is 0.0755.